The maximum Gasteiger partial charge on any atom is 0.0448 e. The Hall–Kier alpha value is -1.18. The maximum atomic E-state index is 4.12. The van der Waals surface area contributed by atoms with Gasteiger partial charge in [-0.15, -0.1) is 6.58 Å². The smallest absolute Gasteiger partial charge is 0.0448 e. The Labute approximate surface area is 110 Å². The zero-order chi connectivity index (χ0) is 12.9. The van der Waals surface area contributed by atoms with E-state index in [2.05, 4.69) is 55.5 Å². The minimum absolute atomic E-state index is 0.143. The van der Waals surface area contributed by atoms with E-state index in [0.29, 0.717) is 0 Å². The Kier molecular flexibility index (Phi) is 2.42. The molecule has 2 heteroatoms. The largest absolute Gasteiger partial charge is 0.390 e. The first-order chi connectivity index (χ1) is 8.57. The number of rotatable bonds is 2. The van der Waals surface area contributed by atoms with Crippen LogP contribution in [0.25, 0.3) is 0 Å². The number of hydrogen-bond acceptors (Lipinski definition) is 2. The average Bonchev–Trinajstić information content (AvgIpc) is 2.96. The van der Waals surface area contributed by atoms with Crippen LogP contribution in [0.1, 0.15) is 39.5 Å². The van der Waals surface area contributed by atoms with Crippen molar-refractivity contribution in [3.63, 3.8) is 0 Å². The lowest BCUT2D eigenvalue weighted by Gasteiger charge is -2.47. The van der Waals surface area contributed by atoms with E-state index in [-0.39, 0.29) is 16.4 Å². The number of fused-ring (bicyclic) bond motifs is 2. The molecule has 2 N–H and O–H groups in total. The average molecular weight is 244 g/mol. The summed E-state index contributed by atoms with van der Waals surface area (Å²) in [4.78, 5) is 0. The van der Waals surface area contributed by atoms with Gasteiger partial charge in [0.2, 0.25) is 0 Å². The van der Waals surface area contributed by atoms with Crippen LogP contribution in [0.5, 0.6) is 0 Å². The first-order valence-corrected chi connectivity index (χ1v) is 7.09. The van der Waals surface area contributed by atoms with Crippen LogP contribution in [0, 0.1) is 10.8 Å². The van der Waals surface area contributed by atoms with Crippen LogP contribution in [0.15, 0.2) is 36.7 Å². The normalized spacial score (nSPS) is 45.3. The van der Waals surface area contributed by atoms with Crippen LogP contribution in [-0.2, 0) is 0 Å². The van der Waals surface area contributed by atoms with Gasteiger partial charge in [-0.2, -0.15) is 0 Å². The highest BCUT2D eigenvalue weighted by atomic mass is 15.1. The summed E-state index contributed by atoms with van der Waals surface area (Å²) < 4.78 is 0. The molecular weight excluding hydrogens is 220 g/mol. The molecule has 2 bridgehead atoms. The summed E-state index contributed by atoms with van der Waals surface area (Å²) in [6.45, 7) is 9.84. The molecule has 0 aromatic carbocycles. The fourth-order valence-electron chi connectivity index (χ4n) is 4.07. The van der Waals surface area contributed by atoms with Gasteiger partial charge >= 0.3 is 0 Å². The quantitative estimate of drug-likeness (QED) is 0.729. The van der Waals surface area contributed by atoms with Crippen molar-refractivity contribution < 1.29 is 0 Å². The molecule has 3 unspecified atom stereocenters. The molecule has 1 saturated heterocycles. The Morgan fingerprint density at radius 1 is 1.50 bits per heavy atom. The van der Waals surface area contributed by atoms with Gasteiger partial charge in [0.05, 0.1) is 0 Å². The molecule has 98 valence electrons. The zero-order valence-corrected chi connectivity index (χ0v) is 11.6. The summed E-state index contributed by atoms with van der Waals surface area (Å²) in [5.41, 5.74) is 2.05. The third-order valence-electron chi connectivity index (χ3n) is 5.58. The van der Waals surface area contributed by atoms with Crippen molar-refractivity contribution in [2.75, 3.05) is 6.54 Å². The standard InChI is InChI=1S/C16H24N2/c1-4-14(3)16(8-9-17-12-16)11-15(5-2)7-6-13(10-15)18-14/h5-6,8-9,17-18H,2,4,7,10-12H2,1,3H3. The van der Waals surface area contributed by atoms with E-state index in [0.717, 1.165) is 25.8 Å². The van der Waals surface area contributed by atoms with Crippen molar-refractivity contribution in [1.29, 1.82) is 0 Å². The summed E-state index contributed by atoms with van der Waals surface area (Å²) >= 11 is 0. The van der Waals surface area contributed by atoms with Gasteiger partial charge in [-0.05, 0) is 44.2 Å². The lowest BCUT2D eigenvalue weighted by atomic mass is 9.61. The number of allylic oxidation sites excluding steroid dienone is 3. The summed E-state index contributed by atoms with van der Waals surface area (Å²) in [6.07, 6.45) is 13.8. The van der Waals surface area contributed by atoms with Crippen molar-refractivity contribution in [2.24, 2.45) is 10.8 Å². The van der Waals surface area contributed by atoms with E-state index in [1.165, 1.54) is 12.1 Å². The molecule has 0 saturated carbocycles. The highest BCUT2D eigenvalue weighted by Crippen LogP contribution is 2.55. The van der Waals surface area contributed by atoms with E-state index in [1.807, 2.05) is 0 Å². The van der Waals surface area contributed by atoms with E-state index in [4.69, 9.17) is 0 Å². The van der Waals surface area contributed by atoms with E-state index < -0.39 is 0 Å². The molecule has 1 spiro atoms. The minimum Gasteiger partial charge on any atom is -0.390 e. The van der Waals surface area contributed by atoms with Crippen molar-refractivity contribution in [1.82, 2.24) is 10.6 Å². The number of hydrogen-bond donors (Lipinski definition) is 2. The molecule has 0 aromatic rings. The third kappa shape index (κ3) is 1.41. The summed E-state index contributed by atoms with van der Waals surface area (Å²) in [6, 6.07) is 0. The van der Waals surface area contributed by atoms with Crippen LogP contribution in [0.4, 0.5) is 0 Å². The Balaban J connectivity index is 2.07. The number of nitrogens with one attached hydrogen (secondary N) is 2. The molecule has 3 aliphatic rings. The highest BCUT2D eigenvalue weighted by molar-refractivity contribution is 5.30. The second-order valence-electron chi connectivity index (χ2n) is 6.53. The molecule has 0 amide bonds. The molecule has 0 radical (unpaired) electrons. The SMILES string of the molecule is C=CC12CC=C(C1)NC(C)(CC)C1(C=CNC1)C2. The van der Waals surface area contributed by atoms with Gasteiger partial charge < -0.3 is 10.6 Å². The van der Waals surface area contributed by atoms with Gasteiger partial charge in [-0.1, -0.05) is 25.2 Å². The Morgan fingerprint density at radius 2 is 2.33 bits per heavy atom. The van der Waals surface area contributed by atoms with E-state index in [9.17, 15) is 0 Å². The predicted molar refractivity (Wildman–Crippen MR) is 76.0 cm³/mol. The first-order valence-electron chi connectivity index (χ1n) is 7.09. The monoisotopic (exact) mass is 244 g/mol. The van der Waals surface area contributed by atoms with Crippen molar-refractivity contribution in [3.8, 4) is 0 Å². The highest BCUT2D eigenvalue weighted by Gasteiger charge is 2.54. The maximum absolute atomic E-state index is 4.12. The van der Waals surface area contributed by atoms with Crippen molar-refractivity contribution >= 4 is 0 Å². The molecule has 2 aliphatic heterocycles. The lowest BCUT2D eigenvalue weighted by molar-refractivity contribution is 0.126. The van der Waals surface area contributed by atoms with Crippen LogP contribution < -0.4 is 10.6 Å². The van der Waals surface area contributed by atoms with Gasteiger partial charge in [0.25, 0.3) is 0 Å². The molecule has 3 atom stereocenters. The molecule has 2 nitrogen and oxygen atoms in total. The van der Waals surface area contributed by atoms with Gasteiger partial charge in [-0.3, -0.25) is 0 Å². The molecule has 3 rings (SSSR count). The van der Waals surface area contributed by atoms with Crippen molar-refractivity contribution in [2.45, 2.75) is 45.1 Å². The summed E-state index contributed by atoms with van der Waals surface area (Å²) in [5, 5.41) is 7.27. The molecular formula is C16H24N2. The molecule has 18 heavy (non-hydrogen) atoms. The van der Waals surface area contributed by atoms with Crippen LogP contribution in [-0.4, -0.2) is 12.1 Å². The summed E-state index contributed by atoms with van der Waals surface area (Å²) in [7, 11) is 0. The molecule has 1 fully saturated rings. The second-order valence-corrected chi connectivity index (χ2v) is 6.53. The van der Waals surface area contributed by atoms with Gasteiger partial charge in [0, 0.05) is 23.2 Å². The minimum atomic E-state index is 0.143. The zero-order valence-electron chi connectivity index (χ0n) is 11.6. The summed E-state index contributed by atoms with van der Waals surface area (Å²) in [5.74, 6) is 0. The molecule has 2 heterocycles. The van der Waals surface area contributed by atoms with Gasteiger partial charge in [0.1, 0.15) is 0 Å². The van der Waals surface area contributed by atoms with Crippen LogP contribution in [0.2, 0.25) is 0 Å². The molecule has 1 aliphatic carbocycles. The predicted octanol–water partition coefficient (Wildman–Crippen LogP) is 3.10. The van der Waals surface area contributed by atoms with Crippen molar-refractivity contribution in [3.05, 3.63) is 36.7 Å². The first kappa shape index (κ1) is 11.9. The van der Waals surface area contributed by atoms with E-state index >= 15 is 0 Å². The Morgan fingerprint density at radius 3 is 2.94 bits per heavy atom. The fourth-order valence-corrected chi connectivity index (χ4v) is 4.07. The van der Waals surface area contributed by atoms with Crippen LogP contribution in [0.3, 0.4) is 0 Å². The van der Waals surface area contributed by atoms with E-state index in [1.54, 1.807) is 0 Å². The van der Waals surface area contributed by atoms with Gasteiger partial charge in [0.15, 0.2) is 0 Å². The third-order valence-corrected chi connectivity index (χ3v) is 5.58. The topological polar surface area (TPSA) is 24.1 Å². The Bertz CT molecular complexity index is 436. The van der Waals surface area contributed by atoms with Gasteiger partial charge in [-0.25, -0.2) is 0 Å². The van der Waals surface area contributed by atoms with Crippen LogP contribution >= 0.6 is 0 Å². The molecule has 0 aromatic heterocycles. The lowest BCUT2D eigenvalue weighted by Crippen LogP contribution is -2.56. The second kappa shape index (κ2) is 3.66. The fraction of sp³-hybridized carbons (Fsp3) is 0.625.